The van der Waals surface area contributed by atoms with Crippen LogP contribution in [-0.4, -0.2) is 29.1 Å². The van der Waals surface area contributed by atoms with Gasteiger partial charge in [0.2, 0.25) is 5.91 Å². The molecule has 0 rings (SSSR count). The summed E-state index contributed by atoms with van der Waals surface area (Å²) in [7, 11) is 0. The second-order valence-electron chi connectivity index (χ2n) is 5.04. The number of carboxylic acid groups (broad SMARTS) is 1. The van der Waals surface area contributed by atoms with Crippen molar-refractivity contribution in [2.24, 2.45) is 11.1 Å². The number of hydrogen-bond donors (Lipinski definition) is 3. The minimum Gasteiger partial charge on any atom is -0.480 e. The van der Waals surface area contributed by atoms with Crippen molar-refractivity contribution in [3.05, 3.63) is 0 Å². The molecule has 2 atom stereocenters. The average Bonchev–Trinajstić information content (AvgIpc) is 2.11. The quantitative estimate of drug-likeness (QED) is 0.649. The van der Waals surface area contributed by atoms with Crippen LogP contribution in [-0.2, 0) is 9.59 Å². The Kier molecular flexibility index (Phi) is 5.44. The Balaban J connectivity index is 4.23. The minimum atomic E-state index is -1.01. The van der Waals surface area contributed by atoms with Crippen LogP contribution in [0.3, 0.4) is 0 Å². The maximum absolute atomic E-state index is 11.5. The SMILES string of the molecule is CC[C@@H](NC(=O)CC(N)C(C)(C)C)C(=O)O. The summed E-state index contributed by atoms with van der Waals surface area (Å²) in [5, 5.41) is 11.2. The molecule has 0 aromatic rings. The molecule has 0 radical (unpaired) electrons. The smallest absolute Gasteiger partial charge is 0.326 e. The van der Waals surface area contributed by atoms with Gasteiger partial charge in [0.25, 0.3) is 0 Å². The Hall–Kier alpha value is -1.10. The fourth-order valence-electron chi connectivity index (χ4n) is 1.10. The third-order valence-electron chi connectivity index (χ3n) is 2.56. The number of amides is 1. The Morgan fingerprint density at radius 1 is 1.38 bits per heavy atom. The summed E-state index contributed by atoms with van der Waals surface area (Å²) in [6.07, 6.45) is 0.513. The van der Waals surface area contributed by atoms with Gasteiger partial charge in [-0.25, -0.2) is 4.79 Å². The molecule has 0 aliphatic rings. The maximum Gasteiger partial charge on any atom is 0.326 e. The minimum absolute atomic E-state index is 0.146. The van der Waals surface area contributed by atoms with E-state index in [9.17, 15) is 9.59 Å². The first-order valence-electron chi connectivity index (χ1n) is 5.46. The predicted octanol–water partition coefficient (Wildman–Crippen LogP) is 0.729. The van der Waals surface area contributed by atoms with Gasteiger partial charge in [-0.05, 0) is 11.8 Å². The van der Waals surface area contributed by atoms with Crippen molar-refractivity contribution in [2.45, 2.75) is 52.6 Å². The molecule has 0 fully saturated rings. The van der Waals surface area contributed by atoms with Crippen LogP contribution in [0.1, 0.15) is 40.5 Å². The number of carbonyl (C=O) groups is 2. The van der Waals surface area contributed by atoms with Gasteiger partial charge in [-0.2, -0.15) is 0 Å². The van der Waals surface area contributed by atoms with E-state index in [4.69, 9.17) is 10.8 Å². The summed E-state index contributed by atoms with van der Waals surface area (Å²) < 4.78 is 0. The highest BCUT2D eigenvalue weighted by atomic mass is 16.4. The zero-order valence-electron chi connectivity index (χ0n) is 10.4. The number of nitrogens with one attached hydrogen (secondary N) is 1. The number of hydrogen-bond acceptors (Lipinski definition) is 3. The fourth-order valence-corrected chi connectivity index (χ4v) is 1.10. The predicted molar refractivity (Wildman–Crippen MR) is 61.9 cm³/mol. The Labute approximate surface area is 96.4 Å². The molecule has 0 aliphatic carbocycles. The molecule has 1 amide bonds. The molecule has 0 heterocycles. The van der Waals surface area contributed by atoms with Gasteiger partial charge in [-0.3, -0.25) is 4.79 Å². The van der Waals surface area contributed by atoms with Crippen molar-refractivity contribution < 1.29 is 14.7 Å². The number of carbonyl (C=O) groups excluding carboxylic acids is 1. The second-order valence-corrected chi connectivity index (χ2v) is 5.04. The molecule has 0 bridgehead atoms. The fraction of sp³-hybridized carbons (Fsp3) is 0.818. The van der Waals surface area contributed by atoms with Crippen molar-refractivity contribution in [3.63, 3.8) is 0 Å². The Morgan fingerprint density at radius 3 is 2.19 bits per heavy atom. The summed E-state index contributed by atoms with van der Waals surface area (Å²) in [5.74, 6) is -1.32. The van der Waals surface area contributed by atoms with Crippen molar-refractivity contribution in [2.75, 3.05) is 0 Å². The summed E-state index contributed by atoms with van der Waals surface area (Å²) >= 11 is 0. The number of rotatable bonds is 5. The molecule has 5 heteroatoms. The van der Waals surface area contributed by atoms with E-state index >= 15 is 0 Å². The molecule has 0 saturated heterocycles. The van der Waals surface area contributed by atoms with E-state index in [0.717, 1.165) is 0 Å². The van der Waals surface area contributed by atoms with E-state index in [2.05, 4.69) is 5.32 Å². The zero-order chi connectivity index (χ0) is 12.9. The highest BCUT2D eigenvalue weighted by Gasteiger charge is 2.25. The third-order valence-corrected chi connectivity index (χ3v) is 2.56. The van der Waals surface area contributed by atoms with Gasteiger partial charge in [0.1, 0.15) is 6.04 Å². The molecular weight excluding hydrogens is 208 g/mol. The summed E-state index contributed by atoms with van der Waals surface area (Å²) in [5.41, 5.74) is 5.67. The van der Waals surface area contributed by atoms with E-state index in [1.165, 1.54) is 0 Å². The molecule has 0 aromatic heterocycles. The van der Waals surface area contributed by atoms with E-state index in [1.54, 1.807) is 6.92 Å². The van der Waals surface area contributed by atoms with Crippen LogP contribution in [0.2, 0.25) is 0 Å². The molecule has 5 nitrogen and oxygen atoms in total. The lowest BCUT2D eigenvalue weighted by molar-refractivity contribution is -0.142. The van der Waals surface area contributed by atoms with Crippen LogP contribution < -0.4 is 11.1 Å². The lowest BCUT2D eigenvalue weighted by Gasteiger charge is -2.26. The highest BCUT2D eigenvalue weighted by molar-refractivity contribution is 5.83. The molecule has 0 aliphatic heterocycles. The molecule has 94 valence electrons. The lowest BCUT2D eigenvalue weighted by Crippen LogP contribution is -2.45. The molecular formula is C11H22N2O3. The van der Waals surface area contributed by atoms with Crippen molar-refractivity contribution in [1.82, 2.24) is 5.32 Å². The van der Waals surface area contributed by atoms with Gasteiger partial charge < -0.3 is 16.2 Å². The van der Waals surface area contributed by atoms with E-state index < -0.39 is 12.0 Å². The van der Waals surface area contributed by atoms with Gasteiger partial charge >= 0.3 is 5.97 Å². The van der Waals surface area contributed by atoms with Crippen molar-refractivity contribution in [1.29, 1.82) is 0 Å². The summed E-state index contributed by atoms with van der Waals surface area (Å²) in [6, 6.07) is -1.10. The van der Waals surface area contributed by atoms with Crippen LogP contribution in [0.25, 0.3) is 0 Å². The summed E-state index contributed by atoms with van der Waals surface area (Å²) in [6.45, 7) is 7.54. The largest absolute Gasteiger partial charge is 0.480 e. The lowest BCUT2D eigenvalue weighted by atomic mass is 9.85. The maximum atomic E-state index is 11.5. The molecule has 1 unspecified atom stereocenters. The topological polar surface area (TPSA) is 92.4 Å². The molecule has 0 spiro atoms. The van der Waals surface area contributed by atoms with Crippen LogP contribution in [0.15, 0.2) is 0 Å². The van der Waals surface area contributed by atoms with Gasteiger partial charge in [-0.15, -0.1) is 0 Å². The first-order chi connectivity index (χ1) is 7.18. The van der Waals surface area contributed by atoms with Crippen LogP contribution >= 0.6 is 0 Å². The Bertz CT molecular complexity index is 258. The molecule has 0 saturated carbocycles. The Morgan fingerprint density at radius 2 is 1.88 bits per heavy atom. The molecule has 16 heavy (non-hydrogen) atoms. The highest BCUT2D eigenvalue weighted by Crippen LogP contribution is 2.19. The third kappa shape index (κ3) is 5.11. The van der Waals surface area contributed by atoms with Crippen molar-refractivity contribution in [3.8, 4) is 0 Å². The number of carboxylic acids is 1. The molecule has 0 aromatic carbocycles. The summed E-state index contributed by atoms with van der Waals surface area (Å²) in [4.78, 5) is 22.2. The van der Waals surface area contributed by atoms with Crippen molar-refractivity contribution >= 4 is 11.9 Å². The second kappa shape index (κ2) is 5.84. The van der Waals surface area contributed by atoms with Crippen LogP contribution in [0.4, 0.5) is 0 Å². The van der Waals surface area contributed by atoms with Gasteiger partial charge in [0, 0.05) is 12.5 Å². The average molecular weight is 230 g/mol. The number of aliphatic carboxylic acids is 1. The van der Waals surface area contributed by atoms with Gasteiger partial charge in [0.05, 0.1) is 0 Å². The normalized spacial score (nSPS) is 15.3. The van der Waals surface area contributed by atoms with E-state index in [0.29, 0.717) is 6.42 Å². The van der Waals surface area contributed by atoms with Gasteiger partial charge in [-0.1, -0.05) is 27.7 Å². The monoisotopic (exact) mass is 230 g/mol. The molecule has 4 N–H and O–H groups in total. The first-order valence-corrected chi connectivity index (χ1v) is 5.46. The van der Waals surface area contributed by atoms with Crippen LogP contribution in [0.5, 0.6) is 0 Å². The van der Waals surface area contributed by atoms with E-state index in [1.807, 2.05) is 20.8 Å². The number of nitrogens with two attached hydrogens (primary N) is 1. The van der Waals surface area contributed by atoms with E-state index in [-0.39, 0.29) is 23.8 Å². The zero-order valence-corrected chi connectivity index (χ0v) is 10.4. The van der Waals surface area contributed by atoms with Crippen LogP contribution in [0, 0.1) is 5.41 Å². The first kappa shape index (κ1) is 14.9. The van der Waals surface area contributed by atoms with Gasteiger partial charge in [0.15, 0.2) is 0 Å². The standard InChI is InChI=1S/C11H22N2O3/c1-5-7(10(15)16)13-9(14)6-8(12)11(2,3)4/h7-8H,5-6,12H2,1-4H3,(H,13,14)(H,15,16)/t7-,8?/m1/s1.